The van der Waals surface area contributed by atoms with E-state index in [2.05, 4.69) is 5.92 Å². The number of rotatable bonds is 8. The van der Waals surface area contributed by atoms with Crippen molar-refractivity contribution in [2.75, 3.05) is 13.2 Å². The van der Waals surface area contributed by atoms with Gasteiger partial charge >= 0.3 is 5.97 Å². The van der Waals surface area contributed by atoms with E-state index in [-0.39, 0.29) is 24.5 Å². The van der Waals surface area contributed by atoms with Gasteiger partial charge in [-0.1, -0.05) is 23.8 Å². The monoisotopic (exact) mass is 349 g/mol. The van der Waals surface area contributed by atoms with Crippen molar-refractivity contribution >= 4 is 16.0 Å². The summed E-state index contributed by atoms with van der Waals surface area (Å²) in [6.45, 7) is 5.71. The second kappa shape index (κ2) is 9.26. The molecule has 0 aliphatic carbocycles. The number of aryl methyl sites for hydroxylation is 1. The van der Waals surface area contributed by atoms with Gasteiger partial charge in [0.25, 0.3) is 0 Å². The van der Waals surface area contributed by atoms with E-state index in [1.807, 2.05) is 6.92 Å². The highest BCUT2D eigenvalue weighted by Gasteiger charge is 2.27. The molecule has 0 spiro atoms. The summed E-state index contributed by atoms with van der Waals surface area (Å²) in [5.74, 6) is 1.94. The Morgan fingerprint density at radius 3 is 2.54 bits per heavy atom. The number of sulfonamides is 1. The lowest BCUT2D eigenvalue weighted by Gasteiger charge is -2.26. The van der Waals surface area contributed by atoms with Crippen LogP contribution in [0.5, 0.6) is 0 Å². The average molecular weight is 349 g/mol. The number of esters is 1. The molecule has 0 aliphatic heterocycles. The van der Waals surface area contributed by atoms with Crippen molar-refractivity contribution in [3.63, 3.8) is 0 Å². The van der Waals surface area contributed by atoms with Crippen LogP contribution < -0.4 is 0 Å². The van der Waals surface area contributed by atoms with Gasteiger partial charge in [-0.25, -0.2) is 13.2 Å². The molecule has 0 saturated heterocycles. The minimum Gasteiger partial charge on any atom is -0.463 e. The molecule has 0 heterocycles. The molecule has 1 rings (SSSR count). The Bertz CT molecular complexity index is 714. The van der Waals surface area contributed by atoms with Crippen LogP contribution in [0.1, 0.15) is 25.8 Å². The molecule has 0 fully saturated rings. The molecular formula is C18H23NO4S. The van der Waals surface area contributed by atoms with Crippen LogP contribution in [0.4, 0.5) is 0 Å². The molecule has 130 valence electrons. The second-order valence-electron chi connectivity index (χ2n) is 5.23. The van der Waals surface area contributed by atoms with Crippen LogP contribution in [0.15, 0.2) is 41.3 Å². The van der Waals surface area contributed by atoms with Gasteiger partial charge in [0.1, 0.15) is 0 Å². The zero-order chi connectivity index (χ0) is 18.2. The van der Waals surface area contributed by atoms with Gasteiger partial charge in [0.05, 0.1) is 11.5 Å². The van der Waals surface area contributed by atoms with Gasteiger partial charge < -0.3 is 4.74 Å². The topological polar surface area (TPSA) is 63.7 Å². The highest BCUT2D eigenvalue weighted by Crippen LogP contribution is 2.20. The van der Waals surface area contributed by atoms with Crippen LogP contribution in [-0.4, -0.2) is 37.9 Å². The maximum absolute atomic E-state index is 12.9. The zero-order valence-corrected chi connectivity index (χ0v) is 15.0. The third-order valence-corrected chi connectivity index (χ3v) is 5.36. The van der Waals surface area contributed by atoms with Gasteiger partial charge in [0.2, 0.25) is 10.0 Å². The number of carbonyl (C=O) groups excluding carboxylic acids is 1. The molecule has 1 atom stereocenters. The molecule has 6 heteroatoms. The van der Waals surface area contributed by atoms with Crippen molar-refractivity contribution in [1.82, 2.24) is 4.31 Å². The third kappa shape index (κ3) is 5.52. The number of carbonyl (C=O) groups is 1. The lowest BCUT2D eigenvalue weighted by Crippen LogP contribution is -2.38. The number of hydrogen-bond acceptors (Lipinski definition) is 4. The van der Waals surface area contributed by atoms with Gasteiger partial charge in [0.15, 0.2) is 0 Å². The number of hydrogen-bond donors (Lipinski definition) is 0. The minimum atomic E-state index is -3.72. The predicted molar refractivity (Wildman–Crippen MR) is 93.8 cm³/mol. The Balaban J connectivity index is 3.09. The number of ether oxygens (including phenoxy) is 1. The lowest BCUT2D eigenvalue weighted by atomic mass is 10.2. The summed E-state index contributed by atoms with van der Waals surface area (Å²) < 4.78 is 31.8. The molecule has 5 nitrogen and oxygen atoms in total. The maximum Gasteiger partial charge on any atom is 0.330 e. The molecule has 0 saturated carbocycles. The number of nitrogens with zero attached hydrogens (tertiary/aromatic N) is 1. The molecule has 0 amide bonds. The Labute approximate surface area is 144 Å². The summed E-state index contributed by atoms with van der Waals surface area (Å²) in [6, 6.07) is 6.08. The second-order valence-corrected chi connectivity index (χ2v) is 7.13. The Kier molecular flexibility index (Phi) is 7.69. The summed E-state index contributed by atoms with van der Waals surface area (Å²) in [6.07, 6.45) is 8.30. The standard InChI is InChI=1S/C18H23NO4S/c1-5-7-14-19(16(4)10-13-18(20)23-6-2)24(21,22)17-11-8-15(3)9-12-17/h1,8-13,16H,6-7,14H2,2-4H3/b13-10+/t16-/m1/s1. The van der Waals surface area contributed by atoms with Crippen molar-refractivity contribution in [3.05, 3.63) is 42.0 Å². The molecular weight excluding hydrogens is 326 g/mol. The fourth-order valence-electron chi connectivity index (χ4n) is 2.07. The minimum absolute atomic E-state index is 0.168. The fraction of sp³-hybridized carbons (Fsp3) is 0.389. The van der Waals surface area contributed by atoms with Crippen molar-refractivity contribution in [3.8, 4) is 12.3 Å². The van der Waals surface area contributed by atoms with Crippen molar-refractivity contribution < 1.29 is 17.9 Å². The van der Waals surface area contributed by atoms with Crippen LogP contribution in [0, 0.1) is 19.3 Å². The van der Waals surface area contributed by atoms with E-state index in [4.69, 9.17) is 11.2 Å². The zero-order valence-electron chi connectivity index (χ0n) is 14.2. The summed E-state index contributed by atoms with van der Waals surface area (Å²) in [7, 11) is -3.72. The quantitative estimate of drug-likeness (QED) is 0.411. The average Bonchev–Trinajstić information content (AvgIpc) is 2.53. The smallest absolute Gasteiger partial charge is 0.330 e. The van der Waals surface area contributed by atoms with Crippen molar-refractivity contribution in [2.24, 2.45) is 0 Å². The van der Waals surface area contributed by atoms with E-state index < -0.39 is 22.0 Å². The molecule has 0 N–H and O–H groups in total. The molecule has 1 aromatic carbocycles. The van der Waals surface area contributed by atoms with Crippen LogP contribution in [0.2, 0.25) is 0 Å². The first-order valence-corrected chi connectivity index (χ1v) is 9.13. The maximum atomic E-state index is 12.9. The summed E-state index contributed by atoms with van der Waals surface area (Å²) in [4.78, 5) is 11.6. The van der Waals surface area contributed by atoms with Crippen LogP contribution in [0.3, 0.4) is 0 Å². The van der Waals surface area contributed by atoms with E-state index >= 15 is 0 Å². The molecule has 24 heavy (non-hydrogen) atoms. The highest BCUT2D eigenvalue weighted by atomic mass is 32.2. The van der Waals surface area contributed by atoms with E-state index in [0.717, 1.165) is 5.56 Å². The van der Waals surface area contributed by atoms with E-state index in [1.165, 1.54) is 16.5 Å². The molecule has 0 unspecified atom stereocenters. The Morgan fingerprint density at radius 2 is 2.00 bits per heavy atom. The van der Waals surface area contributed by atoms with Crippen LogP contribution >= 0.6 is 0 Å². The van der Waals surface area contributed by atoms with Gasteiger partial charge in [-0.15, -0.1) is 12.3 Å². The lowest BCUT2D eigenvalue weighted by molar-refractivity contribution is -0.137. The van der Waals surface area contributed by atoms with Crippen molar-refractivity contribution in [1.29, 1.82) is 0 Å². The summed E-state index contributed by atoms with van der Waals surface area (Å²) in [5, 5.41) is 0. The third-order valence-electron chi connectivity index (χ3n) is 3.36. The molecule has 1 aromatic rings. The first kappa shape index (κ1) is 19.9. The van der Waals surface area contributed by atoms with Crippen LogP contribution in [0.25, 0.3) is 0 Å². The van der Waals surface area contributed by atoms with Crippen molar-refractivity contribution in [2.45, 2.75) is 38.1 Å². The molecule has 0 aliphatic rings. The Morgan fingerprint density at radius 1 is 1.38 bits per heavy atom. The summed E-state index contributed by atoms with van der Waals surface area (Å²) in [5.41, 5.74) is 0.972. The largest absolute Gasteiger partial charge is 0.463 e. The van der Waals surface area contributed by atoms with E-state index in [9.17, 15) is 13.2 Å². The van der Waals surface area contributed by atoms with Crippen LogP contribution in [-0.2, 0) is 19.6 Å². The number of terminal acetylenes is 1. The highest BCUT2D eigenvalue weighted by molar-refractivity contribution is 7.89. The van der Waals surface area contributed by atoms with Gasteiger partial charge in [-0.2, -0.15) is 4.31 Å². The van der Waals surface area contributed by atoms with Gasteiger partial charge in [-0.3, -0.25) is 0 Å². The Hall–Kier alpha value is -2.10. The first-order valence-electron chi connectivity index (χ1n) is 7.69. The van der Waals surface area contributed by atoms with E-state index in [1.54, 1.807) is 38.1 Å². The SMILES string of the molecule is C#CCCN([C@H](C)/C=C/C(=O)OCC)S(=O)(=O)c1ccc(C)cc1. The molecule has 0 aromatic heterocycles. The predicted octanol–water partition coefficient (Wildman–Crippen LogP) is 2.52. The molecule has 0 radical (unpaired) electrons. The first-order chi connectivity index (χ1) is 11.3. The molecule has 0 bridgehead atoms. The normalized spacial score (nSPS) is 13.0. The van der Waals surface area contributed by atoms with E-state index in [0.29, 0.717) is 0 Å². The fourth-order valence-corrected chi connectivity index (χ4v) is 3.66. The van der Waals surface area contributed by atoms with Gasteiger partial charge in [0, 0.05) is 25.1 Å². The van der Waals surface area contributed by atoms with Gasteiger partial charge in [-0.05, 0) is 32.9 Å². The number of benzene rings is 1. The summed E-state index contributed by atoms with van der Waals surface area (Å²) >= 11 is 0.